The van der Waals surface area contributed by atoms with Crippen LogP contribution < -0.4 is 5.32 Å². The first-order valence-electron chi connectivity index (χ1n) is 5.40. The molecule has 1 aliphatic heterocycles. The van der Waals surface area contributed by atoms with E-state index >= 15 is 0 Å². The van der Waals surface area contributed by atoms with Gasteiger partial charge in [0.15, 0.2) is 0 Å². The summed E-state index contributed by atoms with van der Waals surface area (Å²) in [5.41, 5.74) is 0. The molecule has 1 fully saturated rings. The van der Waals surface area contributed by atoms with Gasteiger partial charge in [0, 0.05) is 33.2 Å². The highest BCUT2D eigenvalue weighted by atomic mass is 32.2. The Balaban J connectivity index is 2.50. The van der Waals surface area contributed by atoms with Crippen molar-refractivity contribution in [3.05, 3.63) is 0 Å². The van der Waals surface area contributed by atoms with E-state index in [0.717, 1.165) is 17.4 Å². The van der Waals surface area contributed by atoms with Gasteiger partial charge >= 0.3 is 0 Å². The van der Waals surface area contributed by atoms with Gasteiger partial charge in [0.25, 0.3) is 0 Å². The van der Waals surface area contributed by atoms with Gasteiger partial charge in [0.05, 0.1) is 12.3 Å². The molecule has 0 atom stereocenters. The van der Waals surface area contributed by atoms with Crippen LogP contribution in [0.15, 0.2) is 0 Å². The van der Waals surface area contributed by atoms with E-state index in [1.807, 2.05) is 0 Å². The summed E-state index contributed by atoms with van der Waals surface area (Å²) in [5.74, 6) is -0.0979. The Morgan fingerprint density at radius 2 is 1.94 bits per heavy atom. The topological polar surface area (TPSA) is 69.7 Å². The highest BCUT2D eigenvalue weighted by Gasteiger charge is 2.22. The molecule has 0 saturated carbocycles. The monoisotopic (exact) mass is 249 g/mol. The molecular formula is C9H19N3O3S. The van der Waals surface area contributed by atoms with E-state index in [-0.39, 0.29) is 18.2 Å². The second kappa shape index (κ2) is 5.60. The molecule has 1 rings (SSSR count). The maximum atomic E-state index is 11.8. The first-order valence-corrected chi connectivity index (χ1v) is 7.01. The largest absolute Gasteiger partial charge is 0.339 e. The van der Waals surface area contributed by atoms with Crippen molar-refractivity contribution in [2.45, 2.75) is 6.92 Å². The van der Waals surface area contributed by atoms with Crippen molar-refractivity contribution in [1.29, 1.82) is 0 Å². The van der Waals surface area contributed by atoms with E-state index < -0.39 is 10.0 Å². The molecule has 1 N–H and O–H groups in total. The van der Waals surface area contributed by atoms with E-state index in [0.29, 0.717) is 13.1 Å². The molecule has 6 nitrogen and oxygen atoms in total. The van der Waals surface area contributed by atoms with Crippen molar-refractivity contribution >= 4 is 15.9 Å². The summed E-state index contributed by atoms with van der Waals surface area (Å²) < 4.78 is 24.0. The van der Waals surface area contributed by atoms with Crippen LogP contribution in [0.25, 0.3) is 0 Å². The molecule has 1 amide bonds. The van der Waals surface area contributed by atoms with Crippen LogP contribution in [0.3, 0.4) is 0 Å². The summed E-state index contributed by atoms with van der Waals surface area (Å²) in [5, 5.41) is 3.14. The van der Waals surface area contributed by atoms with E-state index in [1.54, 1.807) is 11.8 Å². The lowest BCUT2D eigenvalue weighted by atomic mass is 10.3. The molecule has 0 aromatic rings. The Kier molecular flexibility index (Phi) is 4.69. The molecule has 94 valence electrons. The van der Waals surface area contributed by atoms with Crippen molar-refractivity contribution in [3.63, 3.8) is 0 Å². The number of hydrogen-bond donors (Lipinski definition) is 1. The van der Waals surface area contributed by atoms with E-state index in [1.165, 1.54) is 7.05 Å². The summed E-state index contributed by atoms with van der Waals surface area (Å²) in [6.07, 6.45) is 0. The minimum absolute atomic E-state index is 0.0261. The zero-order chi connectivity index (χ0) is 12.2. The molecule has 1 heterocycles. The number of piperazine rings is 1. The first kappa shape index (κ1) is 13.4. The molecule has 1 saturated heterocycles. The summed E-state index contributed by atoms with van der Waals surface area (Å²) in [4.78, 5) is 13.5. The predicted octanol–water partition coefficient (Wildman–Crippen LogP) is -1.30. The Labute approximate surface area is 96.6 Å². The standard InChI is InChI=1S/C9H19N3O3S/c1-3-16(14,15)11(2)8-9(13)12-6-4-10-5-7-12/h10H,3-8H2,1-2H3. The van der Waals surface area contributed by atoms with Gasteiger partial charge in [-0.3, -0.25) is 4.79 Å². The first-order chi connectivity index (χ1) is 7.47. The molecule has 1 aliphatic rings. The van der Waals surface area contributed by atoms with Crippen LogP contribution in [-0.4, -0.2) is 69.1 Å². The lowest BCUT2D eigenvalue weighted by molar-refractivity contribution is -0.131. The minimum atomic E-state index is -3.26. The van der Waals surface area contributed by atoms with Gasteiger partial charge < -0.3 is 10.2 Å². The average Bonchev–Trinajstić information content (AvgIpc) is 2.30. The van der Waals surface area contributed by atoms with Crippen LogP contribution in [-0.2, 0) is 14.8 Å². The third-order valence-corrected chi connectivity index (χ3v) is 4.48. The zero-order valence-corrected chi connectivity index (χ0v) is 10.6. The normalized spacial score (nSPS) is 17.8. The number of amides is 1. The van der Waals surface area contributed by atoms with Crippen molar-refractivity contribution in [1.82, 2.24) is 14.5 Å². The number of hydrogen-bond acceptors (Lipinski definition) is 4. The highest BCUT2D eigenvalue weighted by molar-refractivity contribution is 7.89. The lowest BCUT2D eigenvalue weighted by Gasteiger charge is -2.28. The highest BCUT2D eigenvalue weighted by Crippen LogP contribution is 2.00. The maximum absolute atomic E-state index is 11.8. The van der Waals surface area contributed by atoms with Gasteiger partial charge in [-0.15, -0.1) is 0 Å². The van der Waals surface area contributed by atoms with Gasteiger partial charge in [-0.05, 0) is 6.92 Å². The van der Waals surface area contributed by atoms with Crippen LogP contribution in [0, 0.1) is 0 Å². The lowest BCUT2D eigenvalue weighted by Crippen LogP contribution is -2.49. The number of carbonyl (C=O) groups is 1. The Morgan fingerprint density at radius 3 is 2.44 bits per heavy atom. The molecule has 0 bridgehead atoms. The average molecular weight is 249 g/mol. The number of sulfonamides is 1. The van der Waals surface area contributed by atoms with E-state index in [9.17, 15) is 13.2 Å². The van der Waals surface area contributed by atoms with Gasteiger partial charge in [0.2, 0.25) is 15.9 Å². The van der Waals surface area contributed by atoms with Gasteiger partial charge in [-0.2, -0.15) is 4.31 Å². The van der Waals surface area contributed by atoms with Crippen molar-refractivity contribution in [3.8, 4) is 0 Å². The fourth-order valence-electron chi connectivity index (χ4n) is 1.52. The second-order valence-corrected chi connectivity index (χ2v) is 6.15. The summed E-state index contributed by atoms with van der Waals surface area (Å²) in [7, 11) is -1.82. The summed E-state index contributed by atoms with van der Waals surface area (Å²) in [6, 6.07) is 0. The Bertz CT molecular complexity index is 336. The van der Waals surface area contributed by atoms with Crippen LogP contribution >= 0.6 is 0 Å². The number of carbonyl (C=O) groups excluding carboxylic acids is 1. The molecule has 0 spiro atoms. The second-order valence-electron chi connectivity index (χ2n) is 3.79. The van der Waals surface area contributed by atoms with Crippen LogP contribution in [0.2, 0.25) is 0 Å². The maximum Gasteiger partial charge on any atom is 0.237 e. The quantitative estimate of drug-likeness (QED) is 0.672. The molecule has 16 heavy (non-hydrogen) atoms. The number of nitrogens with one attached hydrogen (secondary N) is 1. The fraction of sp³-hybridized carbons (Fsp3) is 0.889. The van der Waals surface area contributed by atoms with Gasteiger partial charge in [0.1, 0.15) is 0 Å². The fourth-order valence-corrected chi connectivity index (χ4v) is 2.27. The molecule has 0 aromatic carbocycles. The Morgan fingerprint density at radius 1 is 1.38 bits per heavy atom. The minimum Gasteiger partial charge on any atom is -0.339 e. The summed E-state index contributed by atoms with van der Waals surface area (Å²) in [6.45, 7) is 4.36. The molecule has 7 heteroatoms. The Hall–Kier alpha value is -0.660. The number of nitrogens with zero attached hydrogens (tertiary/aromatic N) is 2. The van der Waals surface area contributed by atoms with Crippen LogP contribution in [0.1, 0.15) is 6.92 Å². The van der Waals surface area contributed by atoms with Crippen molar-refractivity contribution < 1.29 is 13.2 Å². The smallest absolute Gasteiger partial charge is 0.237 e. The molecule has 0 aromatic heterocycles. The predicted molar refractivity (Wildman–Crippen MR) is 61.5 cm³/mol. The third-order valence-electron chi connectivity index (χ3n) is 2.67. The summed E-state index contributed by atoms with van der Waals surface area (Å²) >= 11 is 0. The van der Waals surface area contributed by atoms with Crippen LogP contribution in [0.4, 0.5) is 0 Å². The molecule has 0 aliphatic carbocycles. The third kappa shape index (κ3) is 3.43. The van der Waals surface area contributed by atoms with Crippen molar-refractivity contribution in [2.75, 3.05) is 45.5 Å². The SMILES string of the molecule is CCS(=O)(=O)N(C)CC(=O)N1CCNCC1. The molecule has 0 radical (unpaired) electrons. The molecule has 0 unspecified atom stereocenters. The zero-order valence-electron chi connectivity index (χ0n) is 9.77. The van der Waals surface area contributed by atoms with Crippen LogP contribution in [0.5, 0.6) is 0 Å². The van der Waals surface area contributed by atoms with Crippen molar-refractivity contribution in [2.24, 2.45) is 0 Å². The van der Waals surface area contributed by atoms with Gasteiger partial charge in [-0.25, -0.2) is 8.42 Å². The van der Waals surface area contributed by atoms with Gasteiger partial charge in [-0.1, -0.05) is 0 Å². The van der Waals surface area contributed by atoms with E-state index in [4.69, 9.17) is 0 Å². The number of likely N-dealkylation sites (N-methyl/N-ethyl adjacent to an activating group) is 1. The van der Waals surface area contributed by atoms with E-state index in [2.05, 4.69) is 5.32 Å². The number of rotatable bonds is 4. The molecular weight excluding hydrogens is 230 g/mol.